The second-order valence-corrected chi connectivity index (χ2v) is 9.68. The normalized spacial score (nSPS) is 15.3. The summed E-state index contributed by atoms with van der Waals surface area (Å²) >= 11 is 18.3. The zero-order chi connectivity index (χ0) is 24.5. The van der Waals surface area contributed by atoms with Crippen LogP contribution in [0, 0.1) is 0 Å². The molecule has 0 aliphatic carbocycles. The summed E-state index contributed by atoms with van der Waals surface area (Å²) in [6, 6.07) is 16.7. The lowest BCUT2D eigenvalue weighted by Crippen LogP contribution is -2.27. The van der Waals surface area contributed by atoms with Gasteiger partial charge in [0.15, 0.2) is 4.32 Å². The molecule has 1 saturated heterocycles. The molecule has 34 heavy (non-hydrogen) atoms. The van der Waals surface area contributed by atoms with E-state index in [1.165, 1.54) is 12.1 Å². The van der Waals surface area contributed by atoms with Gasteiger partial charge in [0.2, 0.25) is 0 Å². The first-order valence-corrected chi connectivity index (χ1v) is 11.7. The molecule has 3 aromatic carbocycles. The van der Waals surface area contributed by atoms with Crippen LogP contribution in [0.1, 0.15) is 16.7 Å². The molecule has 0 atom stereocenters. The Kier molecular flexibility index (Phi) is 7.23. The van der Waals surface area contributed by atoms with Crippen LogP contribution in [0.2, 0.25) is 10.0 Å². The van der Waals surface area contributed by atoms with Gasteiger partial charge in [0.1, 0.15) is 12.4 Å². The van der Waals surface area contributed by atoms with Crippen LogP contribution in [0.15, 0.2) is 71.6 Å². The van der Waals surface area contributed by atoms with E-state index in [4.69, 9.17) is 40.2 Å². The summed E-state index contributed by atoms with van der Waals surface area (Å²) in [5.41, 5.74) is 0.721. The molecule has 3 aromatic rings. The van der Waals surface area contributed by atoms with Gasteiger partial charge in [-0.05, 0) is 54.1 Å². The molecule has 1 fully saturated rings. The first-order chi connectivity index (χ1) is 16.1. The standard InChI is InChI=1S/C24H14Cl2F3NO2S2/c25-17-7-6-15(20(26)12-17)13-32-19-8-4-14(5-9-19)10-21-22(31)30(23(33)34-21)18-3-1-2-16(11-18)24(27,28)29/h1-12H,13H2/b21-10+. The maximum absolute atomic E-state index is 13.1. The molecule has 0 aromatic heterocycles. The van der Waals surface area contributed by atoms with Gasteiger partial charge in [-0.1, -0.05) is 71.4 Å². The Hall–Kier alpha value is -2.52. The number of nitrogens with zero attached hydrogens (tertiary/aromatic N) is 1. The largest absolute Gasteiger partial charge is 0.489 e. The van der Waals surface area contributed by atoms with Crippen molar-refractivity contribution < 1.29 is 22.7 Å². The SMILES string of the molecule is O=C1/C(=C\c2ccc(OCc3ccc(Cl)cc3Cl)cc2)SC(=S)N1c1cccc(C(F)(F)F)c1. The number of thiocarbonyl (C=S) groups is 1. The van der Waals surface area contributed by atoms with E-state index < -0.39 is 17.6 Å². The van der Waals surface area contributed by atoms with E-state index in [1.54, 1.807) is 48.5 Å². The topological polar surface area (TPSA) is 29.5 Å². The highest BCUT2D eigenvalue weighted by molar-refractivity contribution is 8.27. The average Bonchev–Trinajstić information content (AvgIpc) is 3.06. The van der Waals surface area contributed by atoms with Crippen LogP contribution in [0.25, 0.3) is 6.08 Å². The van der Waals surface area contributed by atoms with E-state index in [1.807, 2.05) is 0 Å². The molecule has 1 aliphatic heterocycles. The van der Waals surface area contributed by atoms with Gasteiger partial charge in [-0.2, -0.15) is 13.2 Å². The molecule has 0 saturated carbocycles. The molecule has 174 valence electrons. The summed E-state index contributed by atoms with van der Waals surface area (Å²) in [5, 5.41) is 1.04. The molecule has 10 heteroatoms. The highest BCUT2D eigenvalue weighted by Crippen LogP contribution is 2.38. The second-order valence-electron chi connectivity index (χ2n) is 7.16. The van der Waals surface area contributed by atoms with Gasteiger partial charge in [0, 0.05) is 15.6 Å². The van der Waals surface area contributed by atoms with E-state index >= 15 is 0 Å². The molecule has 1 heterocycles. The van der Waals surface area contributed by atoms with Crippen molar-refractivity contribution in [2.24, 2.45) is 0 Å². The zero-order valence-electron chi connectivity index (χ0n) is 17.1. The summed E-state index contributed by atoms with van der Waals surface area (Å²) < 4.78 is 45.1. The summed E-state index contributed by atoms with van der Waals surface area (Å²) in [6.07, 6.45) is -2.89. The molecule has 3 nitrogen and oxygen atoms in total. The van der Waals surface area contributed by atoms with Crippen molar-refractivity contribution in [2.75, 3.05) is 4.90 Å². The summed E-state index contributed by atoms with van der Waals surface area (Å²) in [6.45, 7) is 0.255. The van der Waals surface area contributed by atoms with Crippen LogP contribution < -0.4 is 9.64 Å². The number of hydrogen-bond donors (Lipinski definition) is 0. The number of halogens is 5. The molecular weight excluding hydrogens is 526 g/mol. The third-order valence-electron chi connectivity index (χ3n) is 4.81. The Balaban J connectivity index is 1.47. The van der Waals surface area contributed by atoms with Crippen molar-refractivity contribution >= 4 is 69.2 Å². The first-order valence-electron chi connectivity index (χ1n) is 9.74. The Morgan fingerprint density at radius 1 is 1.03 bits per heavy atom. The molecule has 1 amide bonds. The number of rotatable bonds is 5. The maximum atomic E-state index is 13.1. The fourth-order valence-corrected chi connectivity index (χ4v) is 4.89. The van der Waals surface area contributed by atoms with Gasteiger partial charge in [-0.25, -0.2) is 0 Å². The highest BCUT2D eigenvalue weighted by atomic mass is 35.5. The third-order valence-corrected chi connectivity index (χ3v) is 6.70. The van der Waals surface area contributed by atoms with Crippen LogP contribution in [0.4, 0.5) is 18.9 Å². The minimum atomic E-state index is -4.52. The monoisotopic (exact) mass is 539 g/mol. The van der Waals surface area contributed by atoms with Crippen molar-refractivity contribution in [1.29, 1.82) is 0 Å². The molecule has 0 radical (unpaired) electrons. The Morgan fingerprint density at radius 2 is 1.76 bits per heavy atom. The lowest BCUT2D eigenvalue weighted by molar-refractivity contribution is -0.137. The number of alkyl halides is 3. The molecular formula is C24H14Cl2F3NO2S2. The van der Waals surface area contributed by atoms with E-state index in [-0.39, 0.29) is 16.6 Å². The maximum Gasteiger partial charge on any atom is 0.416 e. The van der Waals surface area contributed by atoms with Crippen LogP contribution in [0.3, 0.4) is 0 Å². The van der Waals surface area contributed by atoms with Gasteiger partial charge in [-0.3, -0.25) is 9.69 Å². The molecule has 0 unspecified atom stereocenters. The highest BCUT2D eigenvalue weighted by Gasteiger charge is 2.36. The number of benzene rings is 3. The van der Waals surface area contributed by atoms with Crippen molar-refractivity contribution in [3.63, 3.8) is 0 Å². The third kappa shape index (κ3) is 5.58. The smallest absolute Gasteiger partial charge is 0.416 e. The molecule has 0 bridgehead atoms. The minimum Gasteiger partial charge on any atom is -0.489 e. The van der Waals surface area contributed by atoms with Crippen molar-refractivity contribution in [3.8, 4) is 5.75 Å². The number of carbonyl (C=O) groups excluding carboxylic acids is 1. The minimum absolute atomic E-state index is 0.0744. The lowest BCUT2D eigenvalue weighted by Gasteiger charge is -2.16. The van der Waals surface area contributed by atoms with Gasteiger partial charge in [0.25, 0.3) is 5.91 Å². The van der Waals surface area contributed by atoms with Crippen LogP contribution in [-0.2, 0) is 17.6 Å². The Morgan fingerprint density at radius 3 is 2.44 bits per heavy atom. The molecule has 1 aliphatic rings. The van der Waals surface area contributed by atoms with E-state index in [2.05, 4.69) is 0 Å². The number of amides is 1. The van der Waals surface area contributed by atoms with Crippen LogP contribution >= 0.6 is 47.2 Å². The summed E-state index contributed by atoms with van der Waals surface area (Å²) in [4.78, 5) is 14.3. The van der Waals surface area contributed by atoms with Gasteiger partial charge >= 0.3 is 6.18 Å². The molecule has 0 N–H and O–H groups in total. The summed E-state index contributed by atoms with van der Waals surface area (Å²) in [5.74, 6) is 0.117. The van der Waals surface area contributed by atoms with Crippen molar-refractivity contribution in [3.05, 3.63) is 98.4 Å². The quantitative estimate of drug-likeness (QED) is 0.242. The van der Waals surface area contributed by atoms with Crippen LogP contribution in [-0.4, -0.2) is 10.2 Å². The van der Waals surface area contributed by atoms with E-state index in [0.717, 1.165) is 34.4 Å². The molecule has 0 spiro atoms. The lowest BCUT2D eigenvalue weighted by atomic mass is 10.1. The predicted molar refractivity (Wildman–Crippen MR) is 134 cm³/mol. The molecule has 4 rings (SSSR count). The van der Waals surface area contributed by atoms with Gasteiger partial charge in [-0.15, -0.1) is 0 Å². The Labute approximate surface area is 213 Å². The summed E-state index contributed by atoms with van der Waals surface area (Å²) in [7, 11) is 0. The predicted octanol–water partition coefficient (Wildman–Crippen LogP) is 8.00. The average molecular weight is 540 g/mol. The fraction of sp³-hybridized carbons (Fsp3) is 0.0833. The Bertz CT molecular complexity index is 1290. The van der Waals surface area contributed by atoms with Gasteiger partial charge in [0.05, 0.1) is 16.2 Å². The van der Waals surface area contributed by atoms with Gasteiger partial charge < -0.3 is 4.74 Å². The second kappa shape index (κ2) is 10.00. The van der Waals surface area contributed by atoms with Crippen molar-refractivity contribution in [1.82, 2.24) is 0 Å². The number of anilines is 1. The van der Waals surface area contributed by atoms with Crippen molar-refractivity contribution in [2.45, 2.75) is 12.8 Å². The number of thioether (sulfide) groups is 1. The van der Waals surface area contributed by atoms with Crippen LogP contribution in [0.5, 0.6) is 5.75 Å². The zero-order valence-corrected chi connectivity index (χ0v) is 20.3. The number of ether oxygens (including phenoxy) is 1. The first kappa shape index (κ1) is 24.6. The number of hydrogen-bond acceptors (Lipinski definition) is 4. The van der Waals surface area contributed by atoms with E-state index in [0.29, 0.717) is 26.3 Å². The number of carbonyl (C=O) groups is 1. The van der Waals surface area contributed by atoms with E-state index in [9.17, 15) is 18.0 Å². The fourth-order valence-electron chi connectivity index (χ4n) is 3.12.